The van der Waals surface area contributed by atoms with Gasteiger partial charge in [0.1, 0.15) is 0 Å². The summed E-state index contributed by atoms with van der Waals surface area (Å²) in [5.41, 5.74) is 0. The average Bonchev–Trinajstić information content (AvgIpc) is 1.98. The maximum absolute atomic E-state index is 11.3. The second-order valence-corrected chi connectivity index (χ2v) is 3.92. The SMILES string of the molecule is CC[C@H](NC(=O)C(C)C)C(C)C. The normalized spacial score (nSPS) is 13.6. The quantitative estimate of drug-likeness (QED) is 0.690. The Morgan fingerprint density at radius 2 is 1.75 bits per heavy atom. The smallest absolute Gasteiger partial charge is 0.222 e. The van der Waals surface area contributed by atoms with Gasteiger partial charge >= 0.3 is 0 Å². The molecule has 0 rings (SSSR count). The molecule has 1 amide bonds. The third-order valence-corrected chi connectivity index (χ3v) is 2.10. The molecule has 0 saturated heterocycles. The largest absolute Gasteiger partial charge is 0.353 e. The molecule has 0 fully saturated rings. The van der Waals surface area contributed by atoms with Gasteiger partial charge in [-0.2, -0.15) is 0 Å². The highest BCUT2D eigenvalue weighted by Gasteiger charge is 2.15. The highest BCUT2D eigenvalue weighted by molar-refractivity contribution is 5.78. The van der Waals surface area contributed by atoms with Gasteiger partial charge in [0.05, 0.1) is 0 Å². The molecule has 0 aliphatic rings. The van der Waals surface area contributed by atoms with E-state index in [9.17, 15) is 4.79 Å². The van der Waals surface area contributed by atoms with Crippen LogP contribution in [0.2, 0.25) is 0 Å². The minimum atomic E-state index is 0.0952. The van der Waals surface area contributed by atoms with E-state index in [4.69, 9.17) is 0 Å². The zero-order valence-corrected chi connectivity index (χ0v) is 8.85. The molecule has 1 N–H and O–H groups in total. The van der Waals surface area contributed by atoms with Crippen LogP contribution >= 0.6 is 0 Å². The van der Waals surface area contributed by atoms with Crippen LogP contribution in [-0.4, -0.2) is 11.9 Å². The van der Waals surface area contributed by atoms with E-state index in [1.807, 2.05) is 13.8 Å². The lowest BCUT2D eigenvalue weighted by Crippen LogP contribution is -2.40. The van der Waals surface area contributed by atoms with Crippen LogP contribution in [0.25, 0.3) is 0 Å². The Balaban J connectivity index is 3.94. The number of nitrogens with one attached hydrogen (secondary N) is 1. The molecule has 2 heteroatoms. The van der Waals surface area contributed by atoms with Gasteiger partial charge < -0.3 is 5.32 Å². The minimum Gasteiger partial charge on any atom is -0.353 e. The minimum absolute atomic E-state index is 0.0952. The van der Waals surface area contributed by atoms with Crippen LogP contribution in [0.5, 0.6) is 0 Å². The van der Waals surface area contributed by atoms with E-state index in [2.05, 4.69) is 26.1 Å². The maximum atomic E-state index is 11.3. The van der Waals surface area contributed by atoms with E-state index in [0.717, 1.165) is 6.42 Å². The Hall–Kier alpha value is -0.530. The van der Waals surface area contributed by atoms with Crippen molar-refractivity contribution in [3.8, 4) is 0 Å². The van der Waals surface area contributed by atoms with Gasteiger partial charge in [0, 0.05) is 12.0 Å². The highest BCUT2D eigenvalue weighted by Crippen LogP contribution is 2.06. The van der Waals surface area contributed by atoms with Crippen molar-refractivity contribution in [2.75, 3.05) is 0 Å². The fourth-order valence-corrected chi connectivity index (χ4v) is 1.09. The van der Waals surface area contributed by atoms with Crippen LogP contribution in [0.3, 0.4) is 0 Å². The standard InChI is InChI=1S/C10H21NO/c1-6-9(7(2)3)11-10(12)8(4)5/h7-9H,6H2,1-5H3,(H,11,12)/t9-/m0/s1. The van der Waals surface area contributed by atoms with Crippen LogP contribution in [-0.2, 0) is 4.79 Å². The third kappa shape index (κ3) is 3.74. The number of hydrogen-bond donors (Lipinski definition) is 1. The van der Waals surface area contributed by atoms with Crippen molar-refractivity contribution in [3.63, 3.8) is 0 Å². The monoisotopic (exact) mass is 171 g/mol. The van der Waals surface area contributed by atoms with Crippen LogP contribution in [0, 0.1) is 11.8 Å². The number of rotatable bonds is 4. The summed E-state index contributed by atoms with van der Waals surface area (Å²) in [5, 5.41) is 3.03. The first kappa shape index (κ1) is 11.5. The predicted octanol–water partition coefficient (Wildman–Crippen LogP) is 2.19. The molecule has 2 nitrogen and oxygen atoms in total. The van der Waals surface area contributed by atoms with Crippen LogP contribution in [0.15, 0.2) is 0 Å². The molecule has 1 atom stereocenters. The van der Waals surface area contributed by atoms with Gasteiger partial charge in [0.2, 0.25) is 5.91 Å². The van der Waals surface area contributed by atoms with E-state index < -0.39 is 0 Å². The fraction of sp³-hybridized carbons (Fsp3) is 0.900. The molecule has 0 unspecified atom stereocenters. The summed E-state index contributed by atoms with van der Waals surface area (Å²) in [6.07, 6.45) is 1.01. The third-order valence-electron chi connectivity index (χ3n) is 2.10. The van der Waals surface area contributed by atoms with E-state index in [1.54, 1.807) is 0 Å². The fourth-order valence-electron chi connectivity index (χ4n) is 1.09. The van der Waals surface area contributed by atoms with E-state index >= 15 is 0 Å². The molecule has 0 aliphatic heterocycles. The molecule has 0 aliphatic carbocycles. The van der Waals surface area contributed by atoms with Gasteiger partial charge in [-0.25, -0.2) is 0 Å². The van der Waals surface area contributed by atoms with Crippen molar-refractivity contribution in [3.05, 3.63) is 0 Å². The first-order valence-corrected chi connectivity index (χ1v) is 4.79. The Kier molecular flexibility index (Phi) is 4.95. The van der Waals surface area contributed by atoms with Crippen molar-refractivity contribution < 1.29 is 4.79 Å². The first-order valence-electron chi connectivity index (χ1n) is 4.79. The summed E-state index contributed by atoms with van der Waals surface area (Å²) in [7, 11) is 0. The van der Waals surface area contributed by atoms with E-state index in [-0.39, 0.29) is 11.8 Å². The second-order valence-electron chi connectivity index (χ2n) is 3.92. The molecule has 12 heavy (non-hydrogen) atoms. The number of carbonyl (C=O) groups is 1. The summed E-state index contributed by atoms with van der Waals surface area (Å²) in [6.45, 7) is 10.2. The Morgan fingerprint density at radius 1 is 1.25 bits per heavy atom. The zero-order valence-electron chi connectivity index (χ0n) is 8.85. The van der Waals surface area contributed by atoms with Crippen molar-refractivity contribution in [1.29, 1.82) is 0 Å². The average molecular weight is 171 g/mol. The molecule has 0 heterocycles. The van der Waals surface area contributed by atoms with Gasteiger partial charge in [0.25, 0.3) is 0 Å². The summed E-state index contributed by atoms with van der Waals surface area (Å²) in [5.74, 6) is 0.783. The molecular weight excluding hydrogens is 150 g/mol. The van der Waals surface area contributed by atoms with Gasteiger partial charge in [-0.15, -0.1) is 0 Å². The molecule has 0 aromatic carbocycles. The van der Waals surface area contributed by atoms with Gasteiger partial charge in [-0.05, 0) is 12.3 Å². The van der Waals surface area contributed by atoms with Crippen LogP contribution in [0.1, 0.15) is 41.0 Å². The van der Waals surface area contributed by atoms with Gasteiger partial charge in [-0.3, -0.25) is 4.79 Å². The highest BCUT2D eigenvalue weighted by atomic mass is 16.1. The van der Waals surface area contributed by atoms with Crippen molar-refractivity contribution in [2.24, 2.45) is 11.8 Å². The lowest BCUT2D eigenvalue weighted by atomic mass is 10.0. The number of amides is 1. The van der Waals surface area contributed by atoms with Gasteiger partial charge in [-0.1, -0.05) is 34.6 Å². The molecule has 0 bridgehead atoms. The second kappa shape index (κ2) is 5.18. The van der Waals surface area contributed by atoms with Gasteiger partial charge in [0.15, 0.2) is 0 Å². The maximum Gasteiger partial charge on any atom is 0.222 e. The van der Waals surface area contributed by atoms with Crippen LogP contribution in [0.4, 0.5) is 0 Å². The molecule has 0 saturated carbocycles. The van der Waals surface area contributed by atoms with Crippen molar-refractivity contribution in [2.45, 2.75) is 47.1 Å². The Bertz CT molecular complexity index is 141. The summed E-state index contributed by atoms with van der Waals surface area (Å²) in [6, 6.07) is 0.333. The molecule has 0 aromatic rings. The van der Waals surface area contributed by atoms with E-state index in [0.29, 0.717) is 12.0 Å². The molecule has 0 aromatic heterocycles. The Labute approximate surface area is 75.7 Å². The molecule has 0 spiro atoms. The molecular formula is C10H21NO. The lowest BCUT2D eigenvalue weighted by molar-refractivity contribution is -0.125. The van der Waals surface area contributed by atoms with Crippen molar-refractivity contribution in [1.82, 2.24) is 5.32 Å². The molecule has 72 valence electrons. The number of carbonyl (C=O) groups excluding carboxylic acids is 1. The van der Waals surface area contributed by atoms with Crippen molar-refractivity contribution >= 4 is 5.91 Å². The summed E-state index contributed by atoms with van der Waals surface area (Å²) >= 11 is 0. The Morgan fingerprint density at radius 3 is 2.00 bits per heavy atom. The zero-order chi connectivity index (χ0) is 9.72. The predicted molar refractivity (Wildman–Crippen MR) is 51.9 cm³/mol. The van der Waals surface area contributed by atoms with Crippen LogP contribution < -0.4 is 5.32 Å². The topological polar surface area (TPSA) is 29.1 Å². The lowest BCUT2D eigenvalue weighted by Gasteiger charge is -2.21. The summed E-state index contributed by atoms with van der Waals surface area (Å²) in [4.78, 5) is 11.3. The number of hydrogen-bond acceptors (Lipinski definition) is 1. The molecule has 0 radical (unpaired) electrons. The van der Waals surface area contributed by atoms with E-state index in [1.165, 1.54) is 0 Å². The summed E-state index contributed by atoms with van der Waals surface area (Å²) < 4.78 is 0. The first-order chi connectivity index (χ1) is 5.49.